The molecule has 0 unspecified atom stereocenters. The number of aromatic nitrogens is 2. The summed E-state index contributed by atoms with van der Waals surface area (Å²) in [6.07, 6.45) is -4.01. The maximum atomic E-state index is 13.3. The summed E-state index contributed by atoms with van der Waals surface area (Å²) in [5.41, 5.74) is -0.650. The number of halogens is 3. The van der Waals surface area contributed by atoms with Crippen LogP contribution in [0.2, 0.25) is 0 Å². The van der Waals surface area contributed by atoms with Gasteiger partial charge in [0.1, 0.15) is 11.4 Å². The van der Waals surface area contributed by atoms with Crippen molar-refractivity contribution < 1.29 is 26.4 Å². The van der Waals surface area contributed by atoms with E-state index in [1.807, 2.05) is 0 Å². The number of alkyl halides is 3. The van der Waals surface area contributed by atoms with Crippen molar-refractivity contribution in [2.45, 2.75) is 11.1 Å². The summed E-state index contributed by atoms with van der Waals surface area (Å²) < 4.78 is 65.4. The van der Waals surface area contributed by atoms with E-state index in [9.17, 15) is 26.4 Å². The highest BCUT2D eigenvalue weighted by Crippen LogP contribution is 2.34. The number of hydrogen-bond donors (Lipinski definition) is 3. The minimum absolute atomic E-state index is 0.0596. The third-order valence-corrected chi connectivity index (χ3v) is 6.43. The molecule has 0 saturated carbocycles. The van der Waals surface area contributed by atoms with E-state index in [2.05, 4.69) is 25.9 Å². The average molecular weight is 473 g/mol. The molecule has 1 fully saturated rings. The topological polar surface area (TPSA) is 120 Å². The lowest BCUT2D eigenvalue weighted by Gasteiger charge is -2.17. The Morgan fingerprint density at radius 1 is 1.22 bits per heavy atom. The highest BCUT2D eigenvalue weighted by Gasteiger charge is 2.35. The fraction of sp³-hybridized carbons (Fsp3) is 0.389. The van der Waals surface area contributed by atoms with Gasteiger partial charge in [-0.3, -0.25) is 0 Å². The van der Waals surface area contributed by atoms with Crippen molar-refractivity contribution in [2.75, 3.05) is 50.9 Å². The SMILES string of the molecule is CN(C)S(=O)(=O)c1ccc(Nc2ncc(C(F)(F)F)c(NCCN3CCNC3=O)n2)cc1. The molecule has 0 atom stereocenters. The van der Waals surface area contributed by atoms with Gasteiger partial charge in [-0.25, -0.2) is 22.5 Å². The first-order chi connectivity index (χ1) is 15.0. The second-order valence-corrected chi connectivity index (χ2v) is 9.19. The molecule has 1 saturated heterocycles. The smallest absolute Gasteiger partial charge is 0.368 e. The number of hydrogen-bond acceptors (Lipinski definition) is 7. The van der Waals surface area contributed by atoms with Crippen molar-refractivity contribution in [1.82, 2.24) is 24.5 Å². The Labute approximate surface area is 182 Å². The molecule has 0 radical (unpaired) electrons. The van der Waals surface area contributed by atoms with Gasteiger partial charge < -0.3 is 20.9 Å². The van der Waals surface area contributed by atoms with Gasteiger partial charge in [0, 0.05) is 52.2 Å². The number of carbonyl (C=O) groups is 1. The van der Waals surface area contributed by atoms with Gasteiger partial charge in [-0.1, -0.05) is 0 Å². The van der Waals surface area contributed by atoms with E-state index < -0.39 is 27.6 Å². The Morgan fingerprint density at radius 3 is 2.47 bits per heavy atom. The summed E-state index contributed by atoms with van der Waals surface area (Å²) >= 11 is 0. The second-order valence-electron chi connectivity index (χ2n) is 7.04. The summed E-state index contributed by atoms with van der Waals surface area (Å²) in [5.74, 6) is -0.538. The summed E-state index contributed by atoms with van der Waals surface area (Å²) in [7, 11) is -0.800. The monoisotopic (exact) mass is 473 g/mol. The standard InChI is InChI=1S/C18H22F3N7O3S/c1-27(2)32(30,31)13-5-3-12(4-6-13)25-16-24-11-14(18(19,20)21)15(26-16)22-7-9-28-10-8-23-17(28)29/h3-6,11H,7-10H2,1-2H3,(H,23,29)(H2,22,24,25,26). The van der Waals surface area contributed by atoms with Crippen molar-refractivity contribution in [3.8, 4) is 0 Å². The van der Waals surface area contributed by atoms with Crippen molar-refractivity contribution in [3.05, 3.63) is 36.0 Å². The van der Waals surface area contributed by atoms with E-state index in [-0.39, 0.29) is 30.0 Å². The van der Waals surface area contributed by atoms with E-state index in [0.717, 1.165) is 4.31 Å². The molecule has 1 aromatic carbocycles. The lowest BCUT2D eigenvalue weighted by Crippen LogP contribution is -2.32. The van der Waals surface area contributed by atoms with E-state index in [4.69, 9.17) is 0 Å². The van der Waals surface area contributed by atoms with Gasteiger partial charge in [0.05, 0.1) is 4.90 Å². The zero-order valence-electron chi connectivity index (χ0n) is 17.3. The first kappa shape index (κ1) is 23.5. The molecule has 14 heteroatoms. The number of amides is 2. The van der Waals surface area contributed by atoms with Crippen molar-refractivity contribution >= 4 is 33.5 Å². The maximum absolute atomic E-state index is 13.3. The summed E-state index contributed by atoms with van der Waals surface area (Å²) in [4.78, 5) is 20.7. The molecular weight excluding hydrogens is 451 g/mol. The molecule has 1 aliphatic heterocycles. The van der Waals surface area contributed by atoms with Gasteiger partial charge in [-0.2, -0.15) is 18.2 Å². The van der Waals surface area contributed by atoms with Gasteiger partial charge >= 0.3 is 12.2 Å². The van der Waals surface area contributed by atoms with Crippen LogP contribution in [0.1, 0.15) is 5.56 Å². The second kappa shape index (κ2) is 9.16. The zero-order chi connectivity index (χ0) is 23.5. The number of rotatable bonds is 8. The van der Waals surface area contributed by atoms with Crippen LogP contribution in [-0.2, 0) is 16.2 Å². The first-order valence-electron chi connectivity index (χ1n) is 9.49. The van der Waals surface area contributed by atoms with Crippen LogP contribution >= 0.6 is 0 Å². The van der Waals surface area contributed by atoms with Crippen LogP contribution < -0.4 is 16.0 Å². The van der Waals surface area contributed by atoms with Gasteiger partial charge in [-0.15, -0.1) is 0 Å². The predicted octanol–water partition coefficient (Wildman–Crippen LogP) is 1.93. The number of nitrogens with one attached hydrogen (secondary N) is 3. The molecule has 2 amide bonds. The summed E-state index contributed by atoms with van der Waals surface area (Å²) in [6.45, 7) is 1.23. The van der Waals surface area contributed by atoms with Crippen LogP contribution in [-0.4, -0.2) is 73.9 Å². The number of carbonyl (C=O) groups excluding carboxylic acids is 1. The highest BCUT2D eigenvalue weighted by atomic mass is 32.2. The normalized spacial score (nSPS) is 14.6. The molecule has 3 rings (SSSR count). The van der Waals surface area contributed by atoms with Crippen LogP contribution in [0, 0.1) is 0 Å². The fourth-order valence-corrected chi connectivity index (χ4v) is 3.77. The molecule has 32 heavy (non-hydrogen) atoms. The van der Waals surface area contributed by atoms with Gasteiger partial charge in [0.25, 0.3) is 0 Å². The molecule has 2 heterocycles. The molecule has 0 spiro atoms. The molecule has 0 aliphatic carbocycles. The van der Waals surface area contributed by atoms with Gasteiger partial charge in [0.15, 0.2) is 0 Å². The summed E-state index contributed by atoms with van der Waals surface area (Å²) in [5, 5.41) is 7.99. The van der Waals surface area contributed by atoms with Gasteiger partial charge in [0.2, 0.25) is 16.0 Å². The predicted molar refractivity (Wildman–Crippen MR) is 111 cm³/mol. The molecule has 2 aromatic rings. The van der Waals surface area contributed by atoms with Crippen molar-refractivity contribution in [1.29, 1.82) is 0 Å². The number of benzene rings is 1. The van der Waals surface area contributed by atoms with E-state index in [1.165, 1.54) is 43.3 Å². The third-order valence-electron chi connectivity index (χ3n) is 4.60. The summed E-state index contributed by atoms with van der Waals surface area (Å²) in [6, 6.07) is 5.37. The molecule has 0 bridgehead atoms. The quantitative estimate of drug-likeness (QED) is 0.536. The molecule has 1 aliphatic rings. The lowest BCUT2D eigenvalue weighted by molar-refractivity contribution is -0.137. The molecular formula is C18H22F3N7O3S. The van der Waals surface area contributed by atoms with Crippen LogP contribution in [0.15, 0.2) is 35.4 Å². The van der Waals surface area contributed by atoms with E-state index in [0.29, 0.717) is 25.0 Å². The number of anilines is 3. The molecule has 1 aromatic heterocycles. The zero-order valence-corrected chi connectivity index (χ0v) is 18.1. The van der Waals surface area contributed by atoms with E-state index in [1.54, 1.807) is 0 Å². The Bertz CT molecular complexity index is 1080. The first-order valence-corrected chi connectivity index (χ1v) is 10.9. The van der Waals surface area contributed by atoms with Crippen LogP contribution in [0.3, 0.4) is 0 Å². The minimum Gasteiger partial charge on any atom is -0.368 e. The third kappa shape index (κ3) is 5.37. The molecule has 10 nitrogen and oxygen atoms in total. The lowest BCUT2D eigenvalue weighted by atomic mass is 10.3. The number of sulfonamides is 1. The van der Waals surface area contributed by atoms with Crippen LogP contribution in [0.5, 0.6) is 0 Å². The van der Waals surface area contributed by atoms with Crippen molar-refractivity contribution in [2.24, 2.45) is 0 Å². The molecule has 3 N–H and O–H groups in total. The number of nitrogens with zero attached hydrogens (tertiary/aromatic N) is 4. The average Bonchev–Trinajstić information content (AvgIpc) is 3.12. The largest absolute Gasteiger partial charge is 0.421 e. The van der Waals surface area contributed by atoms with Crippen molar-refractivity contribution in [3.63, 3.8) is 0 Å². The minimum atomic E-state index is -4.67. The Hall–Kier alpha value is -3.13. The highest BCUT2D eigenvalue weighted by molar-refractivity contribution is 7.89. The van der Waals surface area contributed by atoms with Gasteiger partial charge in [-0.05, 0) is 24.3 Å². The number of urea groups is 1. The fourth-order valence-electron chi connectivity index (χ4n) is 2.87. The Balaban J connectivity index is 1.75. The van der Waals surface area contributed by atoms with Crippen LogP contribution in [0.4, 0.5) is 35.4 Å². The Kier molecular flexibility index (Phi) is 6.74. The van der Waals surface area contributed by atoms with Crippen LogP contribution in [0.25, 0.3) is 0 Å². The Morgan fingerprint density at radius 2 is 1.91 bits per heavy atom. The maximum Gasteiger partial charge on any atom is 0.421 e. The molecule has 174 valence electrons. The van der Waals surface area contributed by atoms with E-state index >= 15 is 0 Å².